The van der Waals surface area contributed by atoms with Gasteiger partial charge in [0.1, 0.15) is 5.03 Å². The van der Waals surface area contributed by atoms with E-state index in [0.29, 0.717) is 5.92 Å². The fourth-order valence-corrected chi connectivity index (χ4v) is 5.56. The van der Waals surface area contributed by atoms with Crippen molar-refractivity contribution in [3.05, 3.63) is 40.0 Å². The maximum Gasteiger partial charge on any atom is 0.134 e. The van der Waals surface area contributed by atoms with Crippen LogP contribution in [-0.4, -0.2) is 39.0 Å². The van der Waals surface area contributed by atoms with Gasteiger partial charge in [0.15, 0.2) is 0 Å². The summed E-state index contributed by atoms with van der Waals surface area (Å²) >= 11 is 6.56. The van der Waals surface area contributed by atoms with Crippen LogP contribution in [0.15, 0.2) is 33.8 Å². The Morgan fingerprint density at radius 1 is 1.33 bits per heavy atom. The predicted octanol–water partition coefficient (Wildman–Crippen LogP) is 4.25. The maximum absolute atomic E-state index is 4.64. The summed E-state index contributed by atoms with van der Waals surface area (Å²) in [5.41, 5.74) is 2.27. The van der Waals surface area contributed by atoms with Crippen LogP contribution >= 0.6 is 39.4 Å². The highest BCUT2D eigenvalue weighted by Crippen LogP contribution is 2.41. The van der Waals surface area contributed by atoms with Crippen molar-refractivity contribution in [3.63, 3.8) is 0 Å². The minimum Gasteiger partial charge on any atom is -0.302 e. The Kier molecular flexibility index (Phi) is 5.23. The van der Waals surface area contributed by atoms with Crippen LogP contribution in [0.3, 0.4) is 0 Å². The van der Waals surface area contributed by atoms with Gasteiger partial charge < -0.3 is 4.90 Å². The molecule has 124 valence electrons. The van der Waals surface area contributed by atoms with Gasteiger partial charge in [0.05, 0.1) is 23.2 Å². The summed E-state index contributed by atoms with van der Waals surface area (Å²) in [5, 5.41) is 1.10. The molecule has 3 heterocycles. The monoisotopic (exact) mass is 419 g/mol. The van der Waals surface area contributed by atoms with E-state index < -0.39 is 0 Å². The van der Waals surface area contributed by atoms with E-state index in [1.54, 1.807) is 11.8 Å². The van der Waals surface area contributed by atoms with Gasteiger partial charge in [-0.25, -0.2) is 0 Å². The van der Waals surface area contributed by atoms with E-state index in [-0.39, 0.29) is 0 Å². The number of nitrogens with zero attached hydrogens (tertiary/aromatic N) is 3. The lowest BCUT2D eigenvalue weighted by molar-refractivity contribution is 0.269. The first-order chi connectivity index (χ1) is 11.8. The molecule has 0 spiro atoms. The smallest absolute Gasteiger partial charge is 0.134 e. The van der Waals surface area contributed by atoms with E-state index in [1.165, 1.54) is 43.4 Å². The molecule has 2 aliphatic rings. The van der Waals surface area contributed by atoms with Gasteiger partial charge in [-0.05, 0) is 43.5 Å². The molecule has 1 aromatic heterocycles. The molecular weight excluding hydrogens is 402 g/mol. The number of aromatic nitrogens is 2. The van der Waals surface area contributed by atoms with Crippen LogP contribution in [-0.2, 0) is 0 Å². The molecule has 2 aromatic rings. The molecule has 0 N–H and O–H groups in total. The van der Waals surface area contributed by atoms with Crippen molar-refractivity contribution < 1.29 is 0 Å². The van der Waals surface area contributed by atoms with Gasteiger partial charge in [-0.3, -0.25) is 0 Å². The number of fused-ring (bicyclic) bond motifs is 2. The first-order valence-electron chi connectivity index (χ1n) is 8.21. The lowest BCUT2D eigenvalue weighted by Gasteiger charge is -2.21. The Morgan fingerprint density at radius 3 is 3.17 bits per heavy atom. The van der Waals surface area contributed by atoms with Gasteiger partial charge in [0.2, 0.25) is 0 Å². The molecule has 0 aliphatic carbocycles. The molecule has 2 bridgehead atoms. The van der Waals surface area contributed by atoms with Gasteiger partial charge in [-0.1, -0.05) is 45.6 Å². The lowest BCUT2D eigenvalue weighted by Crippen LogP contribution is -2.25. The summed E-state index contributed by atoms with van der Waals surface area (Å²) in [6.45, 7) is 3.66. The fourth-order valence-electron chi connectivity index (χ4n) is 3.65. The van der Waals surface area contributed by atoms with Gasteiger partial charge in [-0.2, -0.15) is 8.75 Å². The van der Waals surface area contributed by atoms with Gasteiger partial charge >= 0.3 is 0 Å². The Bertz CT molecular complexity index is 780. The minimum atomic E-state index is 0.576. The zero-order valence-electron chi connectivity index (χ0n) is 13.2. The number of rotatable bonds is 3. The summed E-state index contributed by atoms with van der Waals surface area (Å²) in [4.78, 5) is 2.58. The molecule has 4 rings (SSSR count). The standard InChI is InChI=1S/C18H18BrN3S2/c19-15-7-1-4-13(10-15)5-3-9-23-18-17(20-24-21-18)16-12-22-8-2-6-14(16)11-22/h1,4,7,10,14,16H,2,6,8-9,11-12H2/t14-,16-/m0/s1. The Balaban J connectivity index is 1.41. The van der Waals surface area contributed by atoms with E-state index in [1.807, 2.05) is 24.3 Å². The highest BCUT2D eigenvalue weighted by molar-refractivity contribution is 9.10. The van der Waals surface area contributed by atoms with Crippen LogP contribution in [0.4, 0.5) is 0 Å². The zero-order valence-corrected chi connectivity index (χ0v) is 16.5. The summed E-state index contributed by atoms with van der Waals surface area (Å²) in [5.74, 6) is 8.57. The molecular formula is C18H18BrN3S2. The number of thioether (sulfide) groups is 1. The molecule has 2 fully saturated rings. The van der Waals surface area contributed by atoms with Crippen molar-refractivity contribution in [1.82, 2.24) is 13.6 Å². The molecule has 3 atom stereocenters. The predicted molar refractivity (Wildman–Crippen MR) is 104 cm³/mol. The molecule has 0 amide bonds. The Labute approximate surface area is 159 Å². The van der Waals surface area contributed by atoms with Crippen molar-refractivity contribution in [2.45, 2.75) is 23.8 Å². The first kappa shape index (κ1) is 16.6. The Morgan fingerprint density at radius 2 is 2.29 bits per heavy atom. The number of benzene rings is 1. The van der Waals surface area contributed by atoms with E-state index in [0.717, 1.165) is 33.3 Å². The van der Waals surface area contributed by atoms with E-state index >= 15 is 0 Å². The molecule has 6 heteroatoms. The summed E-state index contributed by atoms with van der Waals surface area (Å²) in [6, 6.07) is 8.10. The molecule has 1 aromatic carbocycles. The SMILES string of the molecule is Brc1cccc(C#CCSc2nsnc2[C@H]2CN3CCC[C@H]2C3)c1. The number of hydrogen-bond donors (Lipinski definition) is 0. The van der Waals surface area contributed by atoms with E-state index in [2.05, 4.69) is 41.4 Å². The second-order valence-electron chi connectivity index (χ2n) is 6.32. The molecule has 2 aliphatic heterocycles. The van der Waals surface area contributed by atoms with Crippen LogP contribution in [0.25, 0.3) is 0 Å². The molecule has 3 nitrogen and oxygen atoms in total. The Hall–Kier alpha value is -0.870. The third-order valence-electron chi connectivity index (χ3n) is 4.74. The average Bonchev–Trinajstić information content (AvgIpc) is 3.15. The highest BCUT2D eigenvalue weighted by atomic mass is 79.9. The zero-order chi connectivity index (χ0) is 16.4. The molecule has 1 unspecified atom stereocenters. The van der Waals surface area contributed by atoms with Crippen LogP contribution in [0.2, 0.25) is 0 Å². The molecule has 0 radical (unpaired) electrons. The largest absolute Gasteiger partial charge is 0.302 e. The average molecular weight is 420 g/mol. The topological polar surface area (TPSA) is 29.0 Å². The normalized spacial score (nSPS) is 25.3. The second kappa shape index (κ2) is 7.57. The van der Waals surface area contributed by atoms with E-state index in [4.69, 9.17) is 0 Å². The van der Waals surface area contributed by atoms with Gasteiger partial charge in [0, 0.05) is 29.0 Å². The summed E-state index contributed by atoms with van der Waals surface area (Å²) in [6.07, 6.45) is 2.67. The third kappa shape index (κ3) is 3.70. The van der Waals surface area contributed by atoms with Gasteiger partial charge in [0.25, 0.3) is 0 Å². The number of piperidine rings is 1. The van der Waals surface area contributed by atoms with Crippen molar-refractivity contribution in [2.75, 3.05) is 25.4 Å². The van der Waals surface area contributed by atoms with Gasteiger partial charge in [-0.15, -0.1) is 0 Å². The quantitative estimate of drug-likeness (QED) is 0.548. The van der Waals surface area contributed by atoms with Crippen LogP contribution in [0.5, 0.6) is 0 Å². The fraction of sp³-hybridized carbons (Fsp3) is 0.444. The molecule has 24 heavy (non-hydrogen) atoms. The lowest BCUT2D eigenvalue weighted by atomic mass is 9.89. The summed E-state index contributed by atoms with van der Waals surface area (Å²) < 4.78 is 10.2. The minimum absolute atomic E-state index is 0.576. The van der Waals surface area contributed by atoms with Crippen molar-refractivity contribution >= 4 is 39.4 Å². The maximum atomic E-state index is 4.64. The van der Waals surface area contributed by atoms with Crippen molar-refractivity contribution in [1.29, 1.82) is 0 Å². The van der Waals surface area contributed by atoms with Crippen molar-refractivity contribution in [3.8, 4) is 11.8 Å². The number of halogens is 1. The molecule has 0 saturated carbocycles. The summed E-state index contributed by atoms with van der Waals surface area (Å²) in [7, 11) is 0. The van der Waals surface area contributed by atoms with Crippen LogP contribution in [0.1, 0.15) is 30.0 Å². The van der Waals surface area contributed by atoms with Crippen LogP contribution in [0, 0.1) is 17.8 Å². The second-order valence-corrected chi connectivity index (χ2v) is 8.73. The number of hydrogen-bond acceptors (Lipinski definition) is 5. The molecule has 2 saturated heterocycles. The highest BCUT2D eigenvalue weighted by Gasteiger charge is 2.38. The first-order valence-corrected chi connectivity index (χ1v) is 10.7. The van der Waals surface area contributed by atoms with Crippen LogP contribution < -0.4 is 0 Å². The van der Waals surface area contributed by atoms with E-state index in [9.17, 15) is 0 Å². The third-order valence-corrected chi connectivity index (χ3v) is 6.75. The van der Waals surface area contributed by atoms with Crippen molar-refractivity contribution in [2.24, 2.45) is 5.92 Å².